The maximum Gasteiger partial charge on any atom is 0.258 e. The highest BCUT2D eigenvalue weighted by Gasteiger charge is 2.09. The molecule has 0 aliphatic heterocycles. The molecule has 1 aromatic carbocycles. The van der Waals surface area contributed by atoms with E-state index in [0.717, 1.165) is 18.6 Å². The first-order valence-electron chi connectivity index (χ1n) is 6.05. The van der Waals surface area contributed by atoms with E-state index in [2.05, 4.69) is 5.32 Å². The Labute approximate surface area is 110 Å². The van der Waals surface area contributed by atoms with Gasteiger partial charge in [-0.25, -0.2) is 8.78 Å². The van der Waals surface area contributed by atoms with Gasteiger partial charge in [0.1, 0.15) is 5.82 Å². The number of carbonyl (C=O) groups excluding carboxylic acids is 1. The Morgan fingerprint density at radius 1 is 1.47 bits per heavy atom. The lowest BCUT2D eigenvalue weighted by atomic mass is 10.2. The first-order chi connectivity index (χ1) is 9.02. The van der Waals surface area contributed by atoms with E-state index in [-0.39, 0.29) is 18.9 Å². The molecule has 0 saturated heterocycles. The second-order valence-corrected chi connectivity index (χ2v) is 4.11. The van der Waals surface area contributed by atoms with Gasteiger partial charge in [-0.3, -0.25) is 4.79 Å². The first kappa shape index (κ1) is 15.4. The Balaban J connectivity index is 2.33. The molecule has 4 nitrogen and oxygen atoms in total. The molecular weight excluding hydrogens is 256 g/mol. The fourth-order valence-corrected chi connectivity index (χ4v) is 1.45. The lowest BCUT2D eigenvalue weighted by Gasteiger charge is -2.11. The number of aliphatic hydroxyl groups is 1. The fourth-order valence-electron chi connectivity index (χ4n) is 1.45. The van der Waals surface area contributed by atoms with Gasteiger partial charge in [0.2, 0.25) is 0 Å². The van der Waals surface area contributed by atoms with E-state index in [0.29, 0.717) is 12.5 Å². The standard InChI is InChI=1S/C13H17F2NO3/c1-2-3-10(17)7-16-13(18)8-19-12-5-4-9(14)6-11(12)15/h4-6,10,17H,2-3,7-8H2,1H3,(H,16,18). The summed E-state index contributed by atoms with van der Waals surface area (Å²) in [5.41, 5.74) is 0. The molecule has 0 heterocycles. The highest BCUT2D eigenvalue weighted by Crippen LogP contribution is 2.17. The summed E-state index contributed by atoms with van der Waals surface area (Å²) in [4.78, 5) is 11.4. The van der Waals surface area contributed by atoms with Crippen molar-refractivity contribution >= 4 is 5.91 Å². The number of hydrogen-bond donors (Lipinski definition) is 2. The third kappa shape index (κ3) is 5.65. The summed E-state index contributed by atoms with van der Waals surface area (Å²) in [5.74, 6) is -2.24. The Hall–Kier alpha value is -1.69. The van der Waals surface area contributed by atoms with Gasteiger partial charge in [-0.15, -0.1) is 0 Å². The minimum atomic E-state index is -0.862. The largest absolute Gasteiger partial charge is 0.481 e. The van der Waals surface area contributed by atoms with Crippen LogP contribution in [0.4, 0.5) is 8.78 Å². The molecule has 1 amide bonds. The average Bonchev–Trinajstić information content (AvgIpc) is 2.35. The molecule has 0 radical (unpaired) electrons. The third-order valence-corrected chi connectivity index (χ3v) is 2.41. The predicted molar refractivity (Wildman–Crippen MR) is 65.8 cm³/mol. The topological polar surface area (TPSA) is 58.6 Å². The van der Waals surface area contributed by atoms with Crippen LogP contribution in [0.2, 0.25) is 0 Å². The smallest absolute Gasteiger partial charge is 0.258 e. The van der Waals surface area contributed by atoms with Gasteiger partial charge in [-0.2, -0.15) is 0 Å². The lowest BCUT2D eigenvalue weighted by Crippen LogP contribution is -2.35. The molecular formula is C13H17F2NO3. The van der Waals surface area contributed by atoms with Crippen molar-refractivity contribution in [3.63, 3.8) is 0 Å². The SMILES string of the molecule is CCCC(O)CNC(=O)COc1ccc(F)cc1F. The quantitative estimate of drug-likeness (QED) is 0.793. The van der Waals surface area contributed by atoms with E-state index in [1.807, 2.05) is 6.92 Å². The number of carbonyl (C=O) groups is 1. The molecule has 1 rings (SSSR count). The number of amides is 1. The van der Waals surface area contributed by atoms with Crippen LogP contribution in [0.25, 0.3) is 0 Å². The van der Waals surface area contributed by atoms with Crippen LogP contribution in [0, 0.1) is 11.6 Å². The average molecular weight is 273 g/mol. The van der Waals surface area contributed by atoms with Gasteiger partial charge < -0.3 is 15.2 Å². The van der Waals surface area contributed by atoms with Crippen LogP contribution >= 0.6 is 0 Å². The summed E-state index contributed by atoms with van der Waals surface area (Å²) in [5, 5.41) is 11.9. The van der Waals surface area contributed by atoms with Crippen molar-refractivity contribution in [1.82, 2.24) is 5.32 Å². The zero-order valence-electron chi connectivity index (χ0n) is 10.7. The minimum absolute atomic E-state index is 0.127. The van der Waals surface area contributed by atoms with Gasteiger partial charge in [0.25, 0.3) is 5.91 Å². The summed E-state index contributed by atoms with van der Waals surface area (Å²) >= 11 is 0. The van der Waals surface area contributed by atoms with Crippen LogP contribution in [0.5, 0.6) is 5.75 Å². The zero-order valence-corrected chi connectivity index (χ0v) is 10.7. The van der Waals surface area contributed by atoms with Crippen molar-refractivity contribution in [1.29, 1.82) is 0 Å². The molecule has 0 aliphatic carbocycles. The summed E-state index contributed by atoms with van der Waals surface area (Å²) in [6, 6.07) is 2.84. The van der Waals surface area contributed by atoms with Gasteiger partial charge in [-0.05, 0) is 18.6 Å². The van der Waals surface area contributed by atoms with Crippen LogP contribution in [-0.2, 0) is 4.79 Å². The third-order valence-electron chi connectivity index (χ3n) is 2.41. The predicted octanol–water partition coefficient (Wildman–Crippen LogP) is 1.62. The normalized spacial score (nSPS) is 12.0. The summed E-state index contributed by atoms with van der Waals surface area (Å²) in [6.45, 7) is 1.66. The Kier molecular flexibility index (Phi) is 6.21. The summed E-state index contributed by atoms with van der Waals surface area (Å²) < 4.78 is 30.7. The lowest BCUT2D eigenvalue weighted by molar-refractivity contribution is -0.123. The minimum Gasteiger partial charge on any atom is -0.481 e. The molecule has 106 valence electrons. The van der Waals surface area contributed by atoms with Crippen molar-refractivity contribution in [3.8, 4) is 5.75 Å². The molecule has 0 bridgehead atoms. The van der Waals surface area contributed by atoms with Crippen LogP contribution in [0.1, 0.15) is 19.8 Å². The molecule has 0 fully saturated rings. The van der Waals surface area contributed by atoms with Crippen molar-refractivity contribution in [2.45, 2.75) is 25.9 Å². The number of rotatable bonds is 7. The van der Waals surface area contributed by atoms with Crippen molar-refractivity contribution in [3.05, 3.63) is 29.8 Å². The maximum atomic E-state index is 13.2. The number of aliphatic hydroxyl groups excluding tert-OH is 1. The number of benzene rings is 1. The van der Waals surface area contributed by atoms with Crippen molar-refractivity contribution in [2.24, 2.45) is 0 Å². The Bertz CT molecular complexity index is 426. The molecule has 0 saturated carbocycles. The highest BCUT2D eigenvalue weighted by atomic mass is 19.1. The van der Waals surface area contributed by atoms with Crippen LogP contribution in [-0.4, -0.2) is 30.3 Å². The molecule has 19 heavy (non-hydrogen) atoms. The number of hydrogen-bond acceptors (Lipinski definition) is 3. The van der Waals surface area contributed by atoms with E-state index in [4.69, 9.17) is 4.74 Å². The molecule has 1 atom stereocenters. The molecule has 0 aromatic heterocycles. The highest BCUT2D eigenvalue weighted by molar-refractivity contribution is 5.77. The number of halogens is 2. The van der Waals surface area contributed by atoms with Gasteiger partial charge >= 0.3 is 0 Å². The monoisotopic (exact) mass is 273 g/mol. The first-order valence-corrected chi connectivity index (χ1v) is 6.05. The second-order valence-electron chi connectivity index (χ2n) is 4.11. The molecule has 2 N–H and O–H groups in total. The fraction of sp³-hybridized carbons (Fsp3) is 0.462. The van der Waals surface area contributed by atoms with Gasteiger partial charge in [0.15, 0.2) is 18.2 Å². The zero-order chi connectivity index (χ0) is 14.3. The van der Waals surface area contributed by atoms with E-state index in [1.165, 1.54) is 0 Å². The van der Waals surface area contributed by atoms with Crippen LogP contribution in [0.3, 0.4) is 0 Å². The van der Waals surface area contributed by atoms with E-state index in [9.17, 15) is 18.7 Å². The number of nitrogens with one attached hydrogen (secondary N) is 1. The van der Waals surface area contributed by atoms with Gasteiger partial charge in [-0.1, -0.05) is 13.3 Å². The van der Waals surface area contributed by atoms with E-state index in [1.54, 1.807) is 0 Å². The second kappa shape index (κ2) is 7.68. The van der Waals surface area contributed by atoms with E-state index >= 15 is 0 Å². The summed E-state index contributed by atoms with van der Waals surface area (Å²) in [7, 11) is 0. The molecule has 1 aromatic rings. The van der Waals surface area contributed by atoms with Gasteiger partial charge in [0.05, 0.1) is 6.10 Å². The molecule has 6 heteroatoms. The van der Waals surface area contributed by atoms with Crippen molar-refractivity contribution < 1.29 is 23.4 Å². The van der Waals surface area contributed by atoms with Crippen molar-refractivity contribution in [2.75, 3.05) is 13.2 Å². The Morgan fingerprint density at radius 2 is 2.21 bits per heavy atom. The molecule has 1 unspecified atom stereocenters. The van der Waals surface area contributed by atoms with Crippen LogP contribution in [0.15, 0.2) is 18.2 Å². The molecule has 0 aliphatic rings. The van der Waals surface area contributed by atoms with Crippen LogP contribution < -0.4 is 10.1 Å². The maximum absolute atomic E-state index is 13.2. The summed E-state index contributed by atoms with van der Waals surface area (Å²) in [6.07, 6.45) is 0.804. The van der Waals surface area contributed by atoms with Gasteiger partial charge in [0, 0.05) is 12.6 Å². The Morgan fingerprint density at radius 3 is 2.84 bits per heavy atom. The molecule has 0 spiro atoms. The number of ether oxygens (including phenoxy) is 1. The van der Waals surface area contributed by atoms with E-state index < -0.39 is 23.6 Å².